The quantitative estimate of drug-likeness (QED) is 0.411. The molecule has 0 spiro atoms. The van der Waals surface area contributed by atoms with Crippen molar-refractivity contribution in [2.75, 3.05) is 13.4 Å². The SMILES string of the molecule is COc1c(-c2cccc(C(C)=NNS(C)(=O)=O)c2)cc(-n2ccc(=O)[nH]c2=O)cc1C(C)(C)C. The largest absolute Gasteiger partial charge is 0.496 e. The third kappa shape index (κ3) is 5.63. The molecule has 0 bridgehead atoms. The highest BCUT2D eigenvalue weighted by molar-refractivity contribution is 7.88. The lowest BCUT2D eigenvalue weighted by molar-refractivity contribution is 0.399. The Kier molecular flexibility index (Phi) is 6.83. The van der Waals surface area contributed by atoms with E-state index in [2.05, 4.69) is 14.9 Å². The van der Waals surface area contributed by atoms with Gasteiger partial charge in [0.25, 0.3) is 5.56 Å². The lowest BCUT2D eigenvalue weighted by Crippen LogP contribution is -2.27. The molecular weight excluding hydrogens is 456 g/mol. The Hall–Kier alpha value is -3.66. The van der Waals surface area contributed by atoms with E-state index in [1.54, 1.807) is 14.0 Å². The van der Waals surface area contributed by atoms with Gasteiger partial charge in [-0.2, -0.15) is 5.10 Å². The zero-order valence-corrected chi connectivity index (χ0v) is 20.8. The number of hydrazone groups is 1. The molecule has 0 saturated carbocycles. The second-order valence-electron chi connectivity index (χ2n) is 8.95. The molecule has 0 atom stereocenters. The Morgan fingerprint density at radius 1 is 1.12 bits per heavy atom. The number of sulfonamides is 1. The summed E-state index contributed by atoms with van der Waals surface area (Å²) in [6.45, 7) is 7.82. The summed E-state index contributed by atoms with van der Waals surface area (Å²) >= 11 is 0. The summed E-state index contributed by atoms with van der Waals surface area (Å²) in [7, 11) is -1.89. The van der Waals surface area contributed by atoms with Crippen LogP contribution < -0.4 is 20.8 Å². The Morgan fingerprint density at radius 3 is 2.41 bits per heavy atom. The molecule has 3 rings (SSSR count). The molecule has 0 amide bonds. The Balaban J connectivity index is 2.27. The molecule has 34 heavy (non-hydrogen) atoms. The molecule has 1 heterocycles. The maximum atomic E-state index is 12.5. The number of aromatic amines is 1. The summed E-state index contributed by atoms with van der Waals surface area (Å²) < 4.78 is 30.0. The molecule has 2 N–H and O–H groups in total. The minimum Gasteiger partial charge on any atom is -0.496 e. The summed E-state index contributed by atoms with van der Waals surface area (Å²) in [5, 5.41) is 3.95. The average Bonchev–Trinajstić information content (AvgIpc) is 2.75. The number of nitrogens with zero attached hydrogens (tertiary/aromatic N) is 2. The van der Waals surface area contributed by atoms with Crippen LogP contribution in [0.25, 0.3) is 16.8 Å². The highest BCUT2D eigenvalue weighted by Crippen LogP contribution is 2.41. The Labute approximate surface area is 198 Å². The van der Waals surface area contributed by atoms with Crippen molar-refractivity contribution in [2.45, 2.75) is 33.1 Å². The molecule has 1 aromatic heterocycles. The van der Waals surface area contributed by atoms with Crippen molar-refractivity contribution in [3.8, 4) is 22.6 Å². The molecule has 2 aromatic carbocycles. The van der Waals surface area contributed by atoms with Crippen molar-refractivity contribution in [1.29, 1.82) is 0 Å². The fourth-order valence-corrected chi connectivity index (χ4v) is 3.80. The molecule has 0 fully saturated rings. The van der Waals surface area contributed by atoms with Crippen LogP contribution in [-0.2, 0) is 15.4 Å². The third-order valence-corrected chi connectivity index (χ3v) is 5.58. The fourth-order valence-electron chi connectivity index (χ4n) is 3.49. The average molecular weight is 485 g/mol. The molecule has 0 unspecified atom stereocenters. The lowest BCUT2D eigenvalue weighted by Gasteiger charge is -2.26. The molecule has 9 nitrogen and oxygen atoms in total. The molecule has 0 saturated heterocycles. The van der Waals surface area contributed by atoms with Crippen LogP contribution in [0.15, 0.2) is 63.4 Å². The van der Waals surface area contributed by atoms with Crippen LogP contribution in [0.1, 0.15) is 38.8 Å². The van der Waals surface area contributed by atoms with Crippen LogP contribution in [0.5, 0.6) is 5.75 Å². The molecule has 180 valence electrons. The molecular formula is C24H28N4O5S. The Morgan fingerprint density at radius 2 is 1.82 bits per heavy atom. The van der Waals surface area contributed by atoms with Gasteiger partial charge in [0.05, 0.1) is 24.8 Å². The van der Waals surface area contributed by atoms with Crippen molar-refractivity contribution in [3.63, 3.8) is 0 Å². The van der Waals surface area contributed by atoms with Gasteiger partial charge in [-0.1, -0.05) is 39.0 Å². The molecule has 0 aliphatic rings. The van der Waals surface area contributed by atoms with Gasteiger partial charge >= 0.3 is 5.69 Å². The van der Waals surface area contributed by atoms with E-state index in [0.717, 1.165) is 22.9 Å². The van der Waals surface area contributed by atoms with Crippen LogP contribution in [-0.4, -0.2) is 37.0 Å². The van der Waals surface area contributed by atoms with Gasteiger partial charge in [-0.05, 0) is 41.7 Å². The minimum absolute atomic E-state index is 0.323. The molecule has 0 aliphatic heterocycles. The zero-order chi connectivity index (χ0) is 25.3. The number of aromatic nitrogens is 2. The van der Waals surface area contributed by atoms with Gasteiger partial charge < -0.3 is 4.74 Å². The minimum atomic E-state index is -3.48. The zero-order valence-electron chi connectivity index (χ0n) is 20.0. The summed E-state index contributed by atoms with van der Waals surface area (Å²) in [5.41, 5.74) is 2.79. The van der Waals surface area contributed by atoms with Crippen LogP contribution in [0, 0.1) is 0 Å². The van der Waals surface area contributed by atoms with Gasteiger partial charge in [0.2, 0.25) is 10.0 Å². The summed E-state index contributed by atoms with van der Waals surface area (Å²) in [5.74, 6) is 0.648. The van der Waals surface area contributed by atoms with E-state index in [1.165, 1.54) is 16.8 Å². The maximum Gasteiger partial charge on any atom is 0.332 e. The van der Waals surface area contributed by atoms with Gasteiger partial charge in [0.1, 0.15) is 5.75 Å². The first-order valence-corrected chi connectivity index (χ1v) is 12.4. The summed E-state index contributed by atoms with van der Waals surface area (Å²) in [6, 6.07) is 12.4. The van der Waals surface area contributed by atoms with Crippen molar-refractivity contribution >= 4 is 15.7 Å². The van der Waals surface area contributed by atoms with Gasteiger partial charge in [-0.3, -0.25) is 14.3 Å². The van der Waals surface area contributed by atoms with Crippen LogP contribution in [0.2, 0.25) is 0 Å². The predicted octanol–water partition coefficient (Wildman–Crippen LogP) is 2.77. The van der Waals surface area contributed by atoms with E-state index < -0.39 is 21.3 Å². The van der Waals surface area contributed by atoms with E-state index in [9.17, 15) is 18.0 Å². The standard InChI is InChI=1S/C24H28N4O5S/c1-15(26-27-34(6,31)32)16-8-7-9-17(12-16)19-13-18(28-11-10-21(29)25-23(28)30)14-20(22(19)33-5)24(2,3)4/h7-14,27H,1-6H3,(H,25,29,30). The normalized spacial score (nSPS) is 12.5. The van der Waals surface area contributed by atoms with Gasteiger partial charge in [-0.25, -0.2) is 18.0 Å². The van der Waals surface area contributed by atoms with E-state index in [4.69, 9.17) is 4.74 Å². The first-order chi connectivity index (χ1) is 15.8. The summed E-state index contributed by atoms with van der Waals surface area (Å²) in [6.07, 6.45) is 2.46. The summed E-state index contributed by atoms with van der Waals surface area (Å²) in [4.78, 5) is 28.5. The van der Waals surface area contributed by atoms with Crippen molar-refractivity contribution in [1.82, 2.24) is 14.4 Å². The smallest absolute Gasteiger partial charge is 0.332 e. The van der Waals surface area contributed by atoms with Crippen LogP contribution in [0.4, 0.5) is 0 Å². The second kappa shape index (κ2) is 9.30. The third-order valence-electron chi connectivity index (χ3n) is 5.16. The number of hydrogen-bond acceptors (Lipinski definition) is 6. The lowest BCUT2D eigenvalue weighted by atomic mass is 9.83. The maximum absolute atomic E-state index is 12.5. The number of H-pyrrole nitrogens is 1. The first kappa shape index (κ1) is 25.0. The van der Waals surface area contributed by atoms with E-state index >= 15 is 0 Å². The van der Waals surface area contributed by atoms with Crippen molar-refractivity contribution < 1.29 is 13.2 Å². The van der Waals surface area contributed by atoms with E-state index in [1.807, 2.05) is 57.2 Å². The number of benzene rings is 2. The molecule has 3 aromatic rings. The van der Waals surface area contributed by atoms with E-state index in [0.29, 0.717) is 22.7 Å². The van der Waals surface area contributed by atoms with Gasteiger partial charge in [0, 0.05) is 23.4 Å². The van der Waals surface area contributed by atoms with E-state index in [-0.39, 0.29) is 5.41 Å². The monoisotopic (exact) mass is 484 g/mol. The van der Waals surface area contributed by atoms with Crippen molar-refractivity contribution in [3.05, 3.63) is 80.6 Å². The number of methoxy groups -OCH3 is 1. The van der Waals surface area contributed by atoms with Crippen LogP contribution >= 0.6 is 0 Å². The first-order valence-electron chi connectivity index (χ1n) is 10.5. The molecule has 0 radical (unpaired) electrons. The van der Waals surface area contributed by atoms with Crippen LogP contribution in [0.3, 0.4) is 0 Å². The predicted molar refractivity (Wildman–Crippen MR) is 134 cm³/mol. The molecule has 10 heteroatoms. The topological polar surface area (TPSA) is 123 Å². The van der Waals surface area contributed by atoms with Gasteiger partial charge in [-0.15, -0.1) is 0 Å². The number of ether oxygens (including phenoxy) is 1. The van der Waals surface area contributed by atoms with Crippen molar-refractivity contribution in [2.24, 2.45) is 5.10 Å². The second-order valence-corrected chi connectivity index (χ2v) is 10.7. The van der Waals surface area contributed by atoms with Gasteiger partial charge in [0.15, 0.2) is 0 Å². The Bertz CT molecular complexity index is 1480. The number of nitrogens with one attached hydrogen (secondary N) is 2. The highest BCUT2D eigenvalue weighted by Gasteiger charge is 2.24. The number of hydrogen-bond donors (Lipinski definition) is 2. The highest BCUT2D eigenvalue weighted by atomic mass is 32.2. The fraction of sp³-hybridized carbons (Fsp3) is 0.292. The number of rotatable bonds is 6. The molecule has 0 aliphatic carbocycles.